The normalized spacial score (nSPS) is 12.9. The Hall–Kier alpha value is -0.980. The van der Waals surface area contributed by atoms with E-state index in [-0.39, 0.29) is 4.90 Å². The Kier molecular flexibility index (Phi) is 5.46. The first-order valence-corrected chi connectivity index (χ1v) is 8.05. The summed E-state index contributed by atoms with van der Waals surface area (Å²) in [6.07, 6.45) is 4.32. The molecule has 1 aromatic heterocycles. The molecular formula is C13H23N3O2S. The Morgan fingerprint density at radius 2 is 1.95 bits per heavy atom. The van der Waals surface area contributed by atoms with Crippen molar-refractivity contribution in [3.63, 3.8) is 0 Å². The number of nitrogens with zero attached hydrogens (tertiary/aromatic N) is 2. The van der Waals surface area contributed by atoms with Gasteiger partial charge in [0.05, 0.1) is 0 Å². The van der Waals surface area contributed by atoms with Gasteiger partial charge in [-0.1, -0.05) is 20.8 Å². The zero-order valence-electron chi connectivity index (χ0n) is 11.8. The van der Waals surface area contributed by atoms with Gasteiger partial charge in [-0.3, -0.25) is 4.98 Å². The maximum absolute atomic E-state index is 12.7. The summed E-state index contributed by atoms with van der Waals surface area (Å²) >= 11 is 0. The van der Waals surface area contributed by atoms with E-state index >= 15 is 0 Å². The third-order valence-electron chi connectivity index (χ3n) is 3.73. The predicted molar refractivity (Wildman–Crippen MR) is 76.2 cm³/mol. The van der Waals surface area contributed by atoms with Crippen molar-refractivity contribution >= 4 is 10.0 Å². The van der Waals surface area contributed by atoms with Gasteiger partial charge in [0, 0.05) is 31.0 Å². The van der Waals surface area contributed by atoms with Crippen LogP contribution in [0.3, 0.4) is 0 Å². The van der Waals surface area contributed by atoms with E-state index in [0.29, 0.717) is 25.9 Å². The Morgan fingerprint density at radius 1 is 1.32 bits per heavy atom. The predicted octanol–water partition coefficient (Wildman–Crippen LogP) is 1.61. The minimum absolute atomic E-state index is 0.219. The highest BCUT2D eigenvalue weighted by Crippen LogP contribution is 2.29. The molecule has 0 aromatic carbocycles. The van der Waals surface area contributed by atoms with Gasteiger partial charge < -0.3 is 5.73 Å². The number of sulfonamides is 1. The van der Waals surface area contributed by atoms with Crippen LogP contribution in [0.4, 0.5) is 0 Å². The van der Waals surface area contributed by atoms with Crippen molar-refractivity contribution in [3.8, 4) is 0 Å². The molecule has 0 aliphatic rings. The van der Waals surface area contributed by atoms with Gasteiger partial charge in [0.1, 0.15) is 4.90 Å². The fourth-order valence-electron chi connectivity index (χ4n) is 2.38. The van der Waals surface area contributed by atoms with Crippen LogP contribution in [0.15, 0.2) is 29.4 Å². The SMILES string of the molecule is CCN(C(CC)(CC)CN)S(=O)(=O)c1cccnc1. The van der Waals surface area contributed by atoms with Crippen LogP contribution < -0.4 is 5.73 Å². The first-order valence-electron chi connectivity index (χ1n) is 6.61. The molecular weight excluding hydrogens is 262 g/mol. The smallest absolute Gasteiger partial charge is 0.245 e. The zero-order valence-corrected chi connectivity index (χ0v) is 12.7. The number of aromatic nitrogens is 1. The maximum Gasteiger partial charge on any atom is 0.245 e. The number of nitrogens with two attached hydrogens (primary N) is 1. The molecule has 0 fully saturated rings. The van der Waals surface area contributed by atoms with E-state index in [2.05, 4.69) is 4.98 Å². The molecule has 1 aromatic rings. The van der Waals surface area contributed by atoms with Crippen LogP contribution in [0.5, 0.6) is 0 Å². The fourth-order valence-corrected chi connectivity index (χ4v) is 4.26. The van der Waals surface area contributed by atoms with Gasteiger partial charge in [-0.2, -0.15) is 4.31 Å². The Bertz CT molecular complexity index is 476. The third-order valence-corrected chi connectivity index (χ3v) is 5.80. The summed E-state index contributed by atoms with van der Waals surface area (Å²) < 4.78 is 26.9. The van der Waals surface area contributed by atoms with Gasteiger partial charge in [-0.15, -0.1) is 0 Å². The topological polar surface area (TPSA) is 76.3 Å². The lowest BCUT2D eigenvalue weighted by Gasteiger charge is -2.40. The quantitative estimate of drug-likeness (QED) is 0.825. The first-order chi connectivity index (χ1) is 8.98. The van der Waals surface area contributed by atoms with Crippen LogP contribution in [-0.4, -0.2) is 36.3 Å². The minimum Gasteiger partial charge on any atom is -0.329 e. The standard InChI is InChI=1S/C13H23N3O2S/c1-4-13(5-2,11-14)16(6-3)19(17,18)12-8-7-9-15-10-12/h7-10H,4-6,11,14H2,1-3H3. The van der Waals surface area contributed by atoms with E-state index in [0.717, 1.165) is 0 Å². The van der Waals surface area contributed by atoms with Crippen molar-refractivity contribution in [2.45, 2.75) is 44.0 Å². The van der Waals surface area contributed by atoms with Crippen molar-refractivity contribution in [1.82, 2.24) is 9.29 Å². The lowest BCUT2D eigenvalue weighted by molar-refractivity contribution is 0.184. The second kappa shape index (κ2) is 6.45. The van der Waals surface area contributed by atoms with E-state index in [1.807, 2.05) is 20.8 Å². The summed E-state index contributed by atoms with van der Waals surface area (Å²) in [5.41, 5.74) is 5.33. The van der Waals surface area contributed by atoms with Gasteiger partial charge >= 0.3 is 0 Å². The second-order valence-corrected chi connectivity index (χ2v) is 6.36. The molecule has 5 nitrogen and oxygen atoms in total. The van der Waals surface area contributed by atoms with Crippen LogP contribution in [0.2, 0.25) is 0 Å². The molecule has 0 radical (unpaired) electrons. The van der Waals surface area contributed by atoms with E-state index < -0.39 is 15.6 Å². The number of hydrogen-bond donors (Lipinski definition) is 1. The molecule has 2 N–H and O–H groups in total. The average molecular weight is 285 g/mol. The highest BCUT2D eigenvalue weighted by molar-refractivity contribution is 7.89. The van der Waals surface area contributed by atoms with Crippen LogP contribution in [0.1, 0.15) is 33.6 Å². The van der Waals surface area contributed by atoms with Gasteiger partial charge in [-0.25, -0.2) is 8.42 Å². The molecule has 6 heteroatoms. The van der Waals surface area contributed by atoms with Crippen LogP contribution in [0.25, 0.3) is 0 Å². The van der Waals surface area contributed by atoms with E-state index in [1.54, 1.807) is 18.3 Å². The molecule has 1 heterocycles. The Labute approximate surface area is 115 Å². The molecule has 108 valence electrons. The van der Waals surface area contributed by atoms with Crippen LogP contribution in [-0.2, 0) is 10.0 Å². The molecule has 0 bridgehead atoms. The van der Waals surface area contributed by atoms with Crippen molar-refractivity contribution < 1.29 is 8.42 Å². The summed E-state index contributed by atoms with van der Waals surface area (Å²) in [7, 11) is -3.55. The molecule has 0 unspecified atom stereocenters. The molecule has 0 amide bonds. The monoisotopic (exact) mass is 285 g/mol. The molecule has 0 aliphatic carbocycles. The number of rotatable bonds is 7. The third kappa shape index (κ3) is 2.96. The van der Waals surface area contributed by atoms with Crippen LogP contribution in [0, 0.1) is 0 Å². The Balaban J connectivity index is 3.30. The minimum atomic E-state index is -3.55. The van der Waals surface area contributed by atoms with Crippen LogP contribution >= 0.6 is 0 Å². The van der Waals surface area contributed by atoms with Crippen molar-refractivity contribution in [2.75, 3.05) is 13.1 Å². The second-order valence-electron chi connectivity index (χ2n) is 4.49. The largest absolute Gasteiger partial charge is 0.329 e. The zero-order chi connectivity index (χ0) is 14.5. The van der Waals surface area contributed by atoms with Gasteiger partial charge in [0.15, 0.2) is 0 Å². The van der Waals surface area contributed by atoms with Gasteiger partial charge in [0.2, 0.25) is 10.0 Å². The lowest BCUT2D eigenvalue weighted by atomic mass is 9.93. The number of hydrogen-bond acceptors (Lipinski definition) is 4. The van der Waals surface area contributed by atoms with E-state index in [1.165, 1.54) is 10.5 Å². The molecule has 19 heavy (non-hydrogen) atoms. The highest BCUT2D eigenvalue weighted by Gasteiger charge is 2.39. The van der Waals surface area contributed by atoms with Crippen molar-refractivity contribution in [1.29, 1.82) is 0 Å². The van der Waals surface area contributed by atoms with Gasteiger partial charge in [0.25, 0.3) is 0 Å². The molecule has 0 atom stereocenters. The Morgan fingerprint density at radius 3 is 2.32 bits per heavy atom. The first kappa shape index (κ1) is 16.1. The maximum atomic E-state index is 12.7. The van der Waals surface area contributed by atoms with E-state index in [4.69, 9.17) is 5.73 Å². The van der Waals surface area contributed by atoms with Gasteiger partial charge in [-0.05, 0) is 25.0 Å². The summed E-state index contributed by atoms with van der Waals surface area (Å²) in [5.74, 6) is 0. The van der Waals surface area contributed by atoms with E-state index in [9.17, 15) is 8.42 Å². The number of likely N-dealkylation sites (N-methyl/N-ethyl adjacent to an activating group) is 1. The fraction of sp³-hybridized carbons (Fsp3) is 0.615. The molecule has 1 rings (SSSR count). The molecule has 0 spiro atoms. The average Bonchev–Trinajstić information content (AvgIpc) is 2.45. The molecule has 0 aliphatic heterocycles. The summed E-state index contributed by atoms with van der Waals surface area (Å²) in [6, 6.07) is 3.19. The lowest BCUT2D eigenvalue weighted by Crippen LogP contribution is -2.55. The highest BCUT2D eigenvalue weighted by atomic mass is 32.2. The summed E-state index contributed by atoms with van der Waals surface area (Å²) in [5, 5.41) is 0. The van der Waals surface area contributed by atoms with Crippen molar-refractivity contribution in [2.24, 2.45) is 5.73 Å². The van der Waals surface area contributed by atoms with Crippen molar-refractivity contribution in [3.05, 3.63) is 24.5 Å². The molecule has 0 saturated carbocycles. The summed E-state index contributed by atoms with van der Waals surface area (Å²) in [6.45, 7) is 6.49. The number of pyridine rings is 1. The molecule has 0 saturated heterocycles. The summed E-state index contributed by atoms with van der Waals surface area (Å²) in [4.78, 5) is 4.11.